The van der Waals surface area contributed by atoms with Crippen molar-refractivity contribution in [1.29, 1.82) is 0 Å². The number of pyridine rings is 1. The molecule has 0 aliphatic carbocycles. The summed E-state index contributed by atoms with van der Waals surface area (Å²) < 4.78 is 5.24. The molecule has 0 saturated carbocycles. The van der Waals surface area contributed by atoms with Crippen molar-refractivity contribution in [2.75, 3.05) is 7.11 Å². The molecule has 3 rings (SSSR count). The van der Waals surface area contributed by atoms with Gasteiger partial charge in [0.2, 0.25) is 0 Å². The summed E-state index contributed by atoms with van der Waals surface area (Å²) in [5, 5.41) is 0. The summed E-state index contributed by atoms with van der Waals surface area (Å²) in [4.78, 5) is 4.19. The molecular weight excluding hydrogens is 270 g/mol. The van der Waals surface area contributed by atoms with Gasteiger partial charge in [-0.25, -0.2) is 0 Å². The van der Waals surface area contributed by atoms with Crippen molar-refractivity contribution in [3.05, 3.63) is 95.8 Å². The van der Waals surface area contributed by atoms with E-state index in [1.54, 1.807) is 13.3 Å². The molecule has 3 aromatic rings. The summed E-state index contributed by atoms with van der Waals surface area (Å²) >= 11 is 0. The first-order valence-corrected chi connectivity index (χ1v) is 7.18. The summed E-state index contributed by atoms with van der Waals surface area (Å²) in [6, 6.07) is 22.5. The maximum absolute atomic E-state index is 5.24. The second-order valence-corrected chi connectivity index (χ2v) is 4.94. The van der Waals surface area contributed by atoms with E-state index in [2.05, 4.69) is 53.5 Å². The minimum absolute atomic E-state index is 0.859. The number of hydrogen-bond acceptors (Lipinski definition) is 2. The molecule has 0 bridgehead atoms. The average molecular weight is 287 g/mol. The molecule has 2 nitrogen and oxygen atoms in total. The van der Waals surface area contributed by atoms with Gasteiger partial charge in [0.05, 0.1) is 7.11 Å². The van der Waals surface area contributed by atoms with Crippen LogP contribution in [0.2, 0.25) is 0 Å². The van der Waals surface area contributed by atoms with Gasteiger partial charge >= 0.3 is 0 Å². The van der Waals surface area contributed by atoms with E-state index in [1.165, 1.54) is 5.56 Å². The van der Waals surface area contributed by atoms with Crippen LogP contribution in [0.25, 0.3) is 11.6 Å². The largest absolute Gasteiger partial charge is 0.497 e. The zero-order chi connectivity index (χ0) is 15.2. The first-order valence-electron chi connectivity index (χ1n) is 7.18. The van der Waals surface area contributed by atoms with Crippen LogP contribution in [0, 0.1) is 0 Å². The Bertz CT molecular complexity index is 747. The van der Waals surface area contributed by atoms with Crippen LogP contribution in [0.15, 0.2) is 79.1 Å². The summed E-state index contributed by atoms with van der Waals surface area (Å²) in [6.45, 7) is 0. The third-order valence-corrected chi connectivity index (χ3v) is 3.48. The molecule has 1 aromatic heterocycles. The summed E-state index contributed by atoms with van der Waals surface area (Å²) in [5.74, 6) is 0.859. The van der Waals surface area contributed by atoms with Crippen LogP contribution in [-0.2, 0) is 0 Å². The van der Waals surface area contributed by atoms with Gasteiger partial charge in [-0.1, -0.05) is 48.5 Å². The van der Waals surface area contributed by atoms with E-state index < -0.39 is 0 Å². The lowest BCUT2D eigenvalue weighted by Gasteiger charge is -2.10. The number of nitrogens with zero attached hydrogens (tertiary/aromatic N) is 1. The van der Waals surface area contributed by atoms with Crippen LogP contribution >= 0.6 is 0 Å². The van der Waals surface area contributed by atoms with Crippen molar-refractivity contribution < 1.29 is 4.74 Å². The van der Waals surface area contributed by atoms with Crippen molar-refractivity contribution in [1.82, 2.24) is 4.98 Å². The summed E-state index contributed by atoms with van der Waals surface area (Å²) in [7, 11) is 1.68. The van der Waals surface area contributed by atoms with Crippen LogP contribution < -0.4 is 4.74 Å². The Morgan fingerprint density at radius 1 is 0.864 bits per heavy atom. The number of ether oxygens (including phenoxy) is 1. The van der Waals surface area contributed by atoms with Gasteiger partial charge in [-0.05, 0) is 46.5 Å². The molecule has 0 aliphatic rings. The SMILES string of the molecule is COc1ccc(/C(=C/c2cccnc2)c2ccccc2)cc1. The van der Waals surface area contributed by atoms with Gasteiger partial charge < -0.3 is 4.74 Å². The Morgan fingerprint density at radius 2 is 1.59 bits per heavy atom. The van der Waals surface area contributed by atoms with Gasteiger partial charge in [0.15, 0.2) is 0 Å². The Kier molecular flexibility index (Phi) is 4.30. The highest BCUT2D eigenvalue weighted by atomic mass is 16.5. The van der Waals surface area contributed by atoms with E-state index in [4.69, 9.17) is 4.74 Å². The van der Waals surface area contributed by atoms with E-state index in [0.717, 1.165) is 22.4 Å². The predicted molar refractivity (Wildman–Crippen MR) is 90.6 cm³/mol. The van der Waals surface area contributed by atoms with Gasteiger partial charge in [-0.15, -0.1) is 0 Å². The molecule has 2 heteroatoms. The smallest absolute Gasteiger partial charge is 0.118 e. The molecule has 0 N–H and O–H groups in total. The molecule has 0 radical (unpaired) electrons. The van der Waals surface area contributed by atoms with Crippen LogP contribution in [0.5, 0.6) is 5.75 Å². The maximum Gasteiger partial charge on any atom is 0.118 e. The maximum atomic E-state index is 5.24. The minimum atomic E-state index is 0.859. The minimum Gasteiger partial charge on any atom is -0.497 e. The summed E-state index contributed by atoms with van der Waals surface area (Å²) in [6.07, 6.45) is 5.81. The molecule has 0 amide bonds. The molecule has 0 saturated heterocycles. The fraction of sp³-hybridized carbons (Fsp3) is 0.0500. The number of aromatic nitrogens is 1. The molecule has 108 valence electrons. The van der Waals surface area contributed by atoms with E-state index in [-0.39, 0.29) is 0 Å². The number of benzene rings is 2. The van der Waals surface area contributed by atoms with Crippen molar-refractivity contribution in [3.63, 3.8) is 0 Å². The van der Waals surface area contributed by atoms with Gasteiger partial charge in [-0.2, -0.15) is 0 Å². The molecule has 0 spiro atoms. The van der Waals surface area contributed by atoms with Crippen molar-refractivity contribution in [2.45, 2.75) is 0 Å². The Balaban J connectivity index is 2.08. The number of methoxy groups -OCH3 is 1. The van der Waals surface area contributed by atoms with E-state index >= 15 is 0 Å². The zero-order valence-corrected chi connectivity index (χ0v) is 12.4. The quantitative estimate of drug-likeness (QED) is 0.695. The van der Waals surface area contributed by atoms with E-state index in [9.17, 15) is 0 Å². The normalized spacial score (nSPS) is 11.2. The van der Waals surface area contributed by atoms with Crippen molar-refractivity contribution in [3.8, 4) is 5.75 Å². The first-order chi connectivity index (χ1) is 10.9. The lowest BCUT2D eigenvalue weighted by molar-refractivity contribution is 0.415. The molecule has 1 heterocycles. The van der Waals surface area contributed by atoms with Crippen molar-refractivity contribution >= 4 is 11.6 Å². The second kappa shape index (κ2) is 6.72. The van der Waals surface area contributed by atoms with Gasteiger partial charge in [0.1, 0.15) is 5.75 Å². The molecule has 22 heavy (non-hydrogen) atoms. The highest BCUT2D eigenvalue weighted by Gasteiger charge is 2.05. The fourth-order valence-corrected chi connectivity index (χ4v) is 2.35. The molecule has 0 fully saturated rings. The van der Waals surface area contributed by atoms with Crippen molar-refractivity contribution in [2.24, 2.45) is 0 Å². The topological polar surface area (TPSA) is 22.1 Å². The zero-order valence-electron chi connectivity index (χ0n) is 12.4. The number of hydrogen-bond donors (Lipinski definition) is 0. The lowest BCUT2D eigenvalue weighted by Crippen LogP contribution is -1.89. The Hall–Kier alpha value is -2.87. The standard InChI is InChI=1S/C20H17NO/c1-22-19-11-9-18(10-12-19)20(17-7-3-2-4-8-17)14-16-6-5-13-21-15-16/h2-15H,1H3/b20-14+. The highest BCUT2D eigenvalue weighted by Crippen LogP contribution is 2.27. The monoisotopic (exact) mass is 287 g/mol. The molecule has 0 unspecified atom stereocenters. The van der Waals surface area contributed by atoms with Crippen LogP contribution in [0.4, 0.5) is 0 Å². The third kappa shape index (κ3) is 3.23. The molecular formula is C20H17NO. The first kappa shape index (κ1) is 14.1. The van der Waals surface area contributed by atoms with Crippen LogP contribution in [0.1, 0.15) is 16.7 Å². The predicted octanol–water partition coefficient (Wildman–Crippen LogP) is 4.68. The lowest BCUT2D eigenvalue weighted by atomic mass is 9.96. The Labute approximate surface area is 130 Å². The fourth-order valence-electron chi connectivity index (χ4n) is 2.35. The van der Waals surface area contributed by atoms with Gasteiger partial charge in [-0.3, -0.25) is 4.98 Å². The van der Waals surface area contributed by atoms with Crippen LogP contribution in [-0.4, -0.2) is 12.1 Å². The molecule has 0 aliphatic heterocycles. The van der Waals surface area contributed by atoms with Gasteiger partial charge in [0.25, 0.3) is 0 Å². The third-order valence-electron chi connectivity index (χ3n) is 3.48. The summed E-state index contributed by atoms with van der Waals surface area (Å²) in [5.41, 5.74) is 4.57. The average Bonchev–Trinajstić information content (AvgIpc) is 2.61. The highest BCUT2D eigenvalue weighted by molar-refractivity contribution is 5.91. The van der Waals surface area contributed by atoms with E-state index in [0.29, 0.717) is 0 Å². The molecule has 0 atom stereocenters. The second-order valence-electron chi connectivity index (χ2n) is 4.94. The number of rotatable bonds is 4. The molecule has 2 aromatic carbocycles. The van der Waals surface area contributed by atoms with E-state index in [1.807, 2.05) is 30.5 Å². The van der Waals surface area contributed by atoms with Gasteiger partial charge in [0, 0.05) is 12.4 Å². The Morgan fingerprint density at radius 3 is 2.23 bits per heavy atom. The van der Waals surface area contributed by atoms with Crippen LogP contribution in [0.3, 0.4) is 0 Å².